The summed E-state index contributed by atoms with van der Waals surface area (Å²) in [7, 11) is 0. The summed E-state index contributed by atoms with van der Waals surface area (Å²) in [5, 5.41) is 8.71. The summed E-state index contributed by atoms with van der Waals surface area (Å²) < 4.78 is 51.5. The fourth-order valence-corrected chi connectivity index (χ4v) is 1.68. The Labute approximate surface area is 110 Å². The number of aromatic nitrogens is 1. The maximum absolute atomic E-state index is 13.1. The Morgan fingerprint density at radius 3 is 2.40 bits per heavy atom. The van der Waals surface area contributed by atoms with Gasteiger partial charge in [-0.15, -0.1) is 0 Å². The molecule has 0 aliphatic heterocycles. The highest BCUT2D eigenvalue weighted by Gasteiger charge is 2.36. The molecule has 0 unspecified atom stereocenters. The number of rotatable bonds is 2. The predicted molar refractivity (Wildman–Crippen MR) is 61.6 cm³/mol. The van der Waals surface area contributed by atoms with E-state index in [-0.39, 0.29) is 11.1 Å². The Hall–Kier alpha value is -2.44. The average Bonchev–Trinajstić information content (AvgIpc) is 2.37. The number of aromatic carboxylic acids is 1. The van der Waals surface area contributed by atoms with Crippen molar-refractivity contribution in [2.24, 2.45) is 0 Å². The van der Waals surface area contributed by atoms with Gasteiger partial charge in [0.05, 0.1) is 5.56 Å². The zero-order valence-electron chi connectivity index (χ0n) is 9.78. The number of nitrogens with zero attached hydrogens (tertiary/aromatic N) is 1. The average molecular weight is 285 g/mol. The highest BCUT2D eigenvalue weighted by atomic mass is 19.4. The Bertz CT molecular complexity index is 668. The minimum atomic E-state index is -4.86. The number of hydrogen-bond donors (Lipinski definition) is 1. The van der Waals surface area contributed by atoms with Gasteiger partial charge < -0.3 is 5.11 Å². The molecule has 0 saturated carbocycles. The fraction of sp³-hybridized carbons (Fsp3) is 0.0769. The van der Waals surface area contributed by atoms with Gasteiger partial charge in [-0.1, -0.05) is 12.1 Å². The summed E-state index contributed by atoms with van der Waals surface area (Å²) in [4.78, 5) is 14.1. The van der Waals surface area contributed by atoms with Crippen molar-refractivity contribution in [3.63, 3.8) is 0 Å². The van der Waals surface area contributed by atoms with E-state index in [0.29, 0.717) is 6.07 Å². The number of halogens is 4. The minimum Gasteiger partial charge on any atom is -0.476 e. The molecule has 0 atom stereocenters. The third-order valence-corrected chi connectivity index (χ3v) is 2.55. The third kappa shape index (κ3) is 2.76. The predicted octanol–water partition coefficient (Wildman–Crippen LogP) is 3.60. The van der Waals surface area contributed by atoms with E-state index in [1.807, 2.05) is 0 Å². The zero-order valence-corrected chi connectivity index (χ0v) is 9.78. The second kappa shape index (κ2) is 4.92. The fourth-order valence-electron chi connectivity index (χ4n) is 1.68. The molecule has 3 nitrogen and oxygen atoms in total. The van der Waals surface area contributed by atoms with E-state index in [9.17, 15) is 22.4 Å². The Morgan fingerprint density at radius 2 is 1.85 bits per heavy atom. The van der Waals surface area contributed by atoms with E-state index >= 15 is 0 Å². The number of hydrogen-bond acceptors (Lipinski definition) is 2. The molecule has 1 aromatic carbocycles. The van der Waals surface area contributed by atoms with Crippen LogP contribution >= 0.6 is 0 Å². The lowest BCUT2D eigenvalue weighted by molar-refractivity contribution is -0.138. The largest absolute Gasteiger partial charge is 0.476 e. The number of carbonyl (C=O) groups is 1. The van der Waals surface area contributed by atoms with Crippen LogP contribution in [0.3, 0.4) is 0 Å². The summed E-state index contributed by atoms with van der Waals surface area (Å²) in [6.07, 6.45) is -3.89. The van der Waals surface area contributed by atoms with E-state index in [4.69, 9.17) is 5.11 Å². The van der Waals surface area contributed by atoms with Gasteiger partial charge in [0, 0.05) is 11.8 Å². The molecular weight excluding hydrogens is 278 g/mol. The van der Waals surface area contributed by atoms with Gasteiger partial charge in [-0.3, -0.25) is 0 Å². The topological polar surface area (TPSA) is 50.2 Å². The van der Waals surface area contributed by atoms with Gasteiger partial charge in [-0.25, -0.2) is 14.2 Å². The molecule has 0 bridgehead atoms. The highest BCUT2D eigenvalue weighted by molar-refractivity contribution is 5.88. The lowest BCUT2D eigenvalue weighted by atomic mass is 10.0. The first-order chi connectivity index (χ1) is 9.29. The summed E-state index contributed by atoms with van der Waals surface area (Å²) in [6, 6.07) is 5.57. The molecule has 1 aromatic heterocycles. The van der Waals surface area contributed by atoms with Crippen molar-refractivity contribution in [1.82, 2.24) is 4.98 Å². The van der Waals surface area contributed by atoms with E-state index < -0.39 is 29.2 Å². The summed E-state index contributed by atoms with van der Waals surface area (Å²) in [5.41, 5.74) is -2.29. The number of benzene rings is 1. The maximum Gasteiger partial charge on any atom is 0.418 e. The second-order valence-electron chi connectivity index (χ2n) is 3.93. The van der Waals surface area contributed by atoms with Gasteiger partial charge in [-0.05, 0) is 23.8 Å². The van der Waals surface area contributed by atoms with E-state index in [1.54, 1.807) is 0 Å². The van der Waals surface area contributed by atoms with E-state index in [0.717, 1.165) is 18.3 Å². The van der Waals surface area contributed by atoms with Crippen molar-refractivity contribution in [3.05, 3.63) is 53.6 Å². The van der Waals surface area contributed by atoms with Crippen molar-refractivity contribution >= 4 is 5.97 Å². The van der Waals surface area contributed by atoms with Crippen LogP contribution in [0.25, 0.3) is 11.1 Å². The zero-order chi connectivity index (χ0) is 14.9. The molecule has 0 amide bonds. The van der Waals surface area contributed by atoms with E-state index in [2.05, 4.69) is 4.98 Å². The van der Waals surface area contributed by atoms with Crippen molar-refractivity contribution in [2.75, 3.05) is 0 Å². The van der Waals surface area contributed by atoms with Gasteiger partial charge in [0.2, 0.25) is 0 Å². The van der Waals surface area contributed by atoms with Crippen LogP contribution in [0.2, 0.25) is 0 Å². The maximum atomic E-state index is 13.1. The summed E-state index contributed by atoms with van der Waals surface area (Å²) in [6.45, 7) is 0. The SMILES string of the molecule is O=C(O)c1ncc(-c2cccc(F)c2)cc1C(F)(F)F. The van der Waals surface area contributed by atoms with Crippen LogP contribution < -0.4 is 0 Å². The molecule has 104 valence electrons. The molecular formula is C13H7F4NO2. The van der Waals surface area contributed by atoms with Crippen molar-refractivity contribution in [3.8, 4) is 11.1 Å². The van der Waals surface area contributed by atoms with E-state index in [1.165, 1.54) is 12.1 Å². The lowest BCUT2D eigenvalue weighted by Gasteiger charge is -2.11. The van der Waals surface area contributed by atoms with Crippen molar-refractivity contribution in [1.29, 1.82) is 0 Å². The second-order valence-corrected chi connectivity index (χ2v) is 3.93. The molecule has 0 spiro atoms. The Balaban J connectivity index is 2.61. The van der Waals surface area contributed by atoms with Gasteiger partial charge >= 0.3 is 12.1 Å². The lowest BCUT2D eigenvalue weighted by Crippen LogP contribution is -2.15. The molecule has 0 aliphatic carbocycles. The number of alkyl halides is 3. The van der Waals surface area contributed by atoms with Crippen LogP contribution in [0.15, 0.2) is 36.5 Å². The first-order valence-corrected chi connectivity index (χ1v) is 5.35. The van der Waals surface area contributed by atoms with Gasteiger partial charge in [0.15, 0.2) is 5.69 Å². The standard InChI is InChI=1S/C13H7F4NO2/c14-9-3-1-2-7(4-9)8-5-10(13(15,16)17)11(12(19)20)18-6-8/h1-6H,(H,19,20). The Kier molecular flexibility index (Phi) is 3.44. The summed E-state index contributed by atoms with van der Waals surface area (Å²) >= 11 is 0. The molecule has 0 fully saturated rings. The monoisotopic (exact) mass is 285 g/mol. The first-order valence-electron chi connectivity index (χ1n) is 5.35. The normalized spacial score (nSPS) is 11.4. The molecule has 1 N–H and O–H groups in total. The molecule has 2 aromatic rings. The Morgan fingerprint density at radius 1 is 1.15 bits per heavy atom. The highest BCUT2D eigenvalue weighted by Crippen LogP contribution is 2.34. The number of carboxylic acids is 1. The molecule has 0 saturated heterocycles. The van der Waals surface area contributed by atoms with Crippen molar-refractivity contribution < 1.29 is 27.5 Å². The van der Waals surface area contributed by atoms with Crippen LogP contribution in [-0.2, 0) is 6.18 Å². The van der Waals surface area contributed by atoms with Crippen LogP contribution in [0.4, 0.5) is 17.6 Å². The van der Waals surface area contributed by atoms with Crippen LogP contribution in [0.5, 0.6) is 0 Å². The molecule has 0 radical (unpaired) electrons. The quantitative estimate of drug-likeness (QED) is 0.858. The number of pyridine rings is 1. The molecule has 20 heavy (non-hydrogen) atoms. The third-order valence-electron chi connectivity index (χ3n) is 2.55. The smallest absolute Gasteiger partial charge is 0.418 e. The first kappa shape index (κ1) is 14.0. The summed E-state index contributed by atoms with van der Waals surface area (Å²) in [5.74, 6) is -2.39. The minimum absolute atomic E-state index is 0.0122. The van der Waals surface area contributed by atoms with Crippen molar-refractivity contribution in [2.45, 2.75) is 6.18 Å². The van der Waals surface area contributed by atoms with Gasteiger partial charge in [0.1, 0.15) is 5.82 Å². The molecule has 0 aliphatic rings. The van der Waals surface area contributed by atoms with Crippen LogP contribution in [0, 0.1) is 5.82 Å². The molecule has 7 heteroatoms. The molecule has 1 heterocycles. The molecule has 2 rings (SSSR count). The van der Waals surface area contributed by atoms with Crippen LogP contribution in [0.1, 0.15) is 16.1 Å². The number of carboxylic acid groups (broad SMARTS) is 1. The van der Waals surface area contributed by atoms with Gasteiger partial charge in [-0.2, -0.15) is 13.2 Å². The van der Waals surface area contributed by atoms with Crippen LogP contribution in [-0.4, -0.2) is 16.1 Å². The van der Waals surface area contributed by atoms with Gasteiger partial charge in [0.25, 0.3) is 0 Å².